The molecule has 1 aliphatic rings. The van der Waals surface area contributed by atoms with E-state index in [2.05, 4.69) is 62.9 Å². The summed E-state index contributed by atoms with van der Waals surface area (Å²) >= 11 is 0. The fraction of sp³-hybridized carbons (Fsp3) is 0.481. The Labute approximate surface area is 181 Å². The van der Waals surface area contributed by atoms with Crippen molar-refractivity contribution in [3.8, 4) is 0 Å². The van der Waals surface area contributed by atoms with Gasteiger partial charge in [0.2, 0.25) is 0 Å². The van der Waals surface area contributed by atoms with Crippen LogP contribution in [-0.2, 0) is 13.0 Å². The first-order valence-electron chi connectivity index (χ1n) is 11.5. The minimum absolute atomic E-state index is 0.805. The van der Waals surface area contributed by atoms with E-state index in [9.17, 15) is 0 Å². The summed E-state index contributed by atoms with van der Waals surface area (Å²) in [7, 11) is 0. The summed E-state index contributed by atoms with van der Waals surface area (Å²) < 4.78 is 6.32. The molecule has 0 aliphatic carbocycles. The Kier molecular flexibility index (Phi) is 6.19. The second kappa shape index (κ2) is 8.85. The number of hydrogen-bond acceptors (Lipinski definition) is 3. The number of rotatable bonds is 6. The highest BCUT2D eigenvalue weighted by Gasteiger charge is 2.23. The molecule has 0 amide bonds. The van der Waals surface area contributed by atoms with Crippen LogP contribution in [0.4, 0.5) is 5.69 Å². The molecule has 1 aromatic heterocycles. The molecule has 2 heterocycles. The molecule has 0 radical (unpaired) electrons. The van der Waals surface area contributed by atoms with Gasteiger partial charge in [-0.05, 0) is 94.6 Å². The quantitative estimate of drug-likeness (QED) is 0.478. The van der Waals surface area contributed by atoms with Crippen molar-refractivity contribution in [3.63, 3.8) is 0 Å². The van der Waals surface area contributed by atoms with E-state index >= 15 is 0 Å². The first-order chi connectivity index (χ1) is 14.5. The minimum atomic E-state index is 0.805. The Hall–Kier alpha value is -2.26. The number of aryl methyl sites for hydroxylation is 3. The molecule has 0 saturated carbocycles. The van der Waals surface area contributed by atoms with Gasteiger partial charge in [-0.2, -0.15) is 0 Å². The molecular formula is C27H36N2O. The first kappa shape index (κ1) is 21.0. The largest absolute Gasteiger partial charge is 0.457 e. The van der Waals surface area contributed by atoms with Gasteiger partial charge in [-0.15, -0.1) is 0 Å². The summed E-state index contributed by atoms with van der Waals surface area (Å²) in [6, 6.07) is 10.9. The van der Waals surface area contributed by atoms with E-state index in [-0.39, 0.29) is 0 Å². The third-order valence-electron chi connectivity index (χ3n) is 7.39. The standard InChI is InChI=1S/C27H36N2O/c1-18-19(2)25-21(4)24(30-27(25)26(28)20(18)3)17-29-15-13-23(14-16-29)12-8-11-22-9-6-5-7-10-22/h5-7,9-10,23H,8,11-17,28H2,1-4H3. The number of nitrogens with zero attached hydrogens (tertiary/aromatic N) is 1. The van der Waals surface area contributed by atoms with Crippen molar-refractivity contribution >= 4 is 16.7 Å². The van der Waals surface area contributed by atoms with Crippen molar-refractivity contribution in [1.82, 2.24) is 4.90 Å². The van der Waals surface area contributed by atoms with Crippen molar-refractivity contribution in [2.24, 2.45) is 5.92 Å². The molecule has 0 spiro atoms. The summed E-state index contributed by atoms with van der Waals surface area (Å²) in [5.41, 5.74) is 14.6. The van der Waals surface area contributed by atoms with Crippen molar-refractivity contribution in [3.05, 3.63) is 63.9 Å². The molecule has 0 unspecified atom stereocenters. The zero-order chi connectivity index (χ0) is 21.3. The number of piperidine rings is 1. The molecule has 3 heteroatoms. The van der Waals surface area contributed by atoms with Crippen molar-refractivity contribution in [2.45, 2.75) is 66.3 Å². The van der Waals surface area contributed by atoms with E-state index in [0.717, 1.165) is 35.1 Å². The molecule has 1 saturated heterocycles. The van der Waals surface area contributed by atoms with Gasteiger partial charge in [-0.1, -0.05) is 36.8 Å². The maximum Gasteiger partial charge on any atom is 0.158 e. The van der Waals surface area contributed by atoms with Gasteiger partial charge < -0.3 is 10.2 Å². The zero-order valence-electron chi connectivity index (χ0n) is 19.1. The van der Waals surface area contributed by atoms with Crippen LogP contribution >= 0.6 is 0 Å². The molecule has 4 rings (SSSR count). The lowest BCUT2D eigenvalue weighted by molar-refractivity contribution is 0.161. The Morgan fingerprint density at radius 3 is 2.33 bits per heavy atom. The van der Waals surface area contributed by atoms with Gasteiger partial charge in [0.05, 0.1) is 12.2 Å². The number of nitrogens with two attached hydrogens (primary N) is 1. The molecule has 160 valence electrons. The second-order valence-corrected chi connectivity index (χ2v) is 9.24. The average molecular weight is 405 g/mol. The average Bonchev–Trinajstić information content (AvgIpc) is 3.09. The van der Waals surface area contributed by atoms with E-state index in [1.807, 2.05) is 0 Å². The van der Waals surface area contributed by atoms with E-state index in [0.29, 0.717) is 0 Å². The van der Waals surface area contributed by atoms with Gasteiger partial charge in [0.15, 0.2) is 5.58 Å². The highest BCUT2D eigenvalue weighted by Crippen LogP contribution is 2.37. The van der Waals surface area contributed by atoms with Crippen LogP contribution in [-0.4, -0.2) is 18.0 Å². The van der Waals surface area contributed by atoms with Crippen LogP contribution in [0.15, 0.2) is 34.7 Å². The SMILES string of the molecule is Cc1c(C)c(C)c2c(C)c(CN3CCC(CCCc4ccccc4)CC3)oc2c1N. The lowest BCUT2D eigenvalue weighted by atomic mass is 9.90. The number of furan rings is 1. The van der Waals surface area contributed by atoms with E-state index in [1.165, 1.54) is 72.8 Å². The minimum Gasteiger partial charge on any atom is -0.457 e. The van der Waals surface area contributed by atoms with Gasteiger partial charge in [0, 0.05) is 10.9 Å². The fourth-order valence-corrected chi connectivity index (χ4v) is 5.07. The number of hydrogen-bond donors (Lipinski definition) is 1. The Morgan fingerprint density at radius 2 is 1.63 bits per heavy atom. The summed E-state index contributed by atoms with van der Waals surface area (Å²) in [6.45, 7) is 11.9. The van der Waals surface area contributed by atoms with Gasteiger partial charge in [0.25, 0.3) is 0 Å². The summed E-state index contributed by atoms with van der Waals surface area (Å²) in [5, 5.41) is 1.22. The first-order valence-corrected chi connectivity index (χ1v) is 11.5. The summed E-state index contributed by atoms with van der Waals surface area (Å²) in [6.07, 6.45) is 6.45. The monoisotopic (exact) mass is 404 g/mol. The molecule has 3 aromatic rings. The fourth-order valence-electron chi connectivity index (χ4n) is 5.07. The Balaban J connectivity index is 1.35. The molecule has 2 aromatic carbocycles. The van der Waals surface area contributed by atoms with Crippen LogP contribution in [0.25, 0.3) is 11.0 Å². The van der Waals surface area contributed by atoms with Crippen LogP contribution in [0.1, 0.15) is 59.3 Å². The van der Waals surface area contributed by atoms with Crippen molar-refractivity contribution in [2.75, 3.05) is 18.8 Å². The van der Waals surface area contributed by atoms with Crippen LogP contribution in [0, 0.1) is 33.6 Å². The van der Waals surface area contributed by atoms with Gasteiger partial charge in [0.1, 0.15) is 5.76 Å². The molecular weight excluding hydrogens is 368 g/mol. The van der Waals surface area contributed by atoms with Crippen LogP contribution in [0.2, 0.25) is 0 Å². The van der Waals surface area contributed by atoms with E-state index in [1.54, 1.807) is 0 Å². The molecule has 0 atom stereocenters. The lowest BCUT2D eigenvalue weighted by Gasteiger charge is -2.31. The smallest absolute Gasteiger partial charge is 0.158 e. The Bertz CT molecular complexity index is 1010. The normalized spacial score (nSPS) is 15.9. The molecule has 1 aliphatic heterocycles. The number of nitrogen functional groups attached to an aromatic ring is 1. The van der Waals surface area contributed by atoms with Crippen LogP contribution in [0.5, 0.6) is 0 Å². The number of anilines is 1. The van der Waals surface area contributed by atoms with Crippen LogP contribution in [0.3, 0.4) is 0 Å². The molecule has 2 N–H and O–H groups in total. The third kappa shape index (κ3) is 4.13. The van der Waals surface area contributed by atoms with Crippen molar-refractivity contribution < 1.29 is 4.42 Å². The van der Waals surface area contributed by atoms with Gasteiger partial charge >= 0.3 is 0 Å². The lowest BCUT2D eigenvalue weighted by Crippen LogP contribution is -2.33. The second-order valence-electron chi connectivity index (χ2n) is 9.24. The van der Waals surface area contributed by atoms with E-state index in [4.69, 9.17) is 10.2 Å². The summed E-state index contributed by atoms with van der Waals surface area (Å²) in [4.78, 5) is 2.56. The Morgan fingerprint density at radius 1 is 0.933 bits per heavy atom. The molecule has 0 bridgehead atoms. The maximum absolute atomic E-state index is 6.40. The number of benzene rings is 2. The third-order valence-corrected chi connectivity index (χ3v) is 7.39. The molecule has 3 nitrogen and oxygen atoms in total. The molecule has 1 fully saturated rings. The predicted molar refractivity (Wildman–Crippen MR) is 127 cm³/mol. The van der Waals surface area contributed by atoms with Gasteiger partial charge in [-0.25, -0.2) is 0 Å². The predicted octanol–water partition coefficient (Wildman–Crippen LogP) is 6.48. The number of fused-ring (bicyclic) bond motifs is 1. The number of likely N-dealkylation sites (tertiary alicyclic amines) is 1. The highest BCUT2D eigenvalue weighted by atomic mass is 16.3. The molecule has 30 heavy (non-hydrogen) atoms. The van der Waals surface area contributed by atoms with Gasteiger partial charge in [-0.3, -0.25) is 4.90 Å². The van der Waals surface area contributed by atoms with E-state index < -0.39 is 0 Å². The van der Waals surface area contributed by atoms with Crippen molar-refractivity contribution in [1.29, 1.82) is 0 Å². The van der Waals surface area contributed by atoms with Crippen LogP contribution < -0.4 is 5.73 Å². The topological polar surface area (TPSA) is 42.4 Å². The summed E-state index contributed by atoms with van der Waals surface area (Å²) in [5.74, 6) is 1.96. The zero-order valence-corrected chi connectivity index (χ0v) is 19.1. The maximum atomic E-state index is 6.40. The highest BCUT2D eigenvalue weighted by molar-refractivity contribution is 5.96.